The number of ether oxygens (including phenoxy) is 1. The maximum atomic E-state index is 12.2. The lowest BCUT2D eigenvalue weighted by atomic mass is 9.99. The van der Waals surface area contributed by atoms with Crippen LogP contribution in [0.15, 0.2) is 0 Å². The van der Waals surface area contributed by atoms with Gasteiger partial charge in [0.1, 0.15) is 5.60 Å². The zero-order valence-electron chi connectivity index (χ0n) is 13.7. The minimum absolute atomic E-state index is 0.0564. The van der Waals surface area contributed by atoms with E-state index in [1.807, 2.05) is 0 Å². The second-order valence-electron chi connectivity index (χ2n) is 6.76. The summed E-state index contributed by atoms with van der Waals surface area (Å²) in [7, 11) is 0. The highest BCUT2D eigenvalue weighted by Crippen LogP contribution is 2.22. The Morgan fingerprint density at radius 1 is 1.13 bits per heavy atom. The van der Waals surface area contributed by atoms with Gasteiger partial charge in [-0.25, -0.2) is 9.59 Å². The molecule has 0 radical (unpaired) electrons. The summed E-state index contributed by atoms with van der Waals surface area (Å²) in [5, 5.41) is 0.536. The van der Waals surface area contributed by atoms with Crippen LogP contribution in [0.4, 0.5) is 4.79 Å². The molecule has 1 atom stereocenters. The van der Waals surface area contributed by atoms with Crippen LogP contribution in [-0.2, 0) is 24.0 Å². The quantitative estimate of drug-likeness (QED) is 0.709. The van der Waals surface area contributed by atoms with Crippen LogP contribution in [0.1, 0.15) is 46.5 Å². The van der Waals surface area contributed by atoms with Crippen molar-refractivity contribution in [3.8, 4) is 0 Å². The Bertz CT molecular complexity index is 509. The highest BCUT2D eigenvalue weighted by molar-refractivity contribution is 6.01. The Labute approximate surface area is 134 Å². The van der Waals surface area contributed by atoms with Crippen LogP contribution < -0.4 is 0 Å². The Morgan fingerprint density at radius 2 is 1.74 bits per heavy atom. The van der Waals surface area contributed by atoms with Gasteiger partial charge in [-0.05, 0) is 33.6 Å². The second kappa shape index (κ2) is 6.55. The number of rotatable bonds is 2. The Balaban J connectivity index is 1.92. The predicted molar refractivity (Wildman–Crippen MR) is 77.7 cm³/mol. The normalized spacial score (nSPS) is 22.3. The van der Waals surface area contributed by atoms with E-state index >= 15 is 0 Å². The van der Waals surface area contributed by atoms with Crippen LogP contribution in [0.3, 0.4) is 0 Å². The van der Waals surface area contributed by atoms with E-state index in [0.717, 1.165) is 0 Å². The summed E-state index contributed by atoms with van der Waals surface area (Å²) >= 11 is 0. The van der Waals surface area contributed by atoms with Gasteiger partial charge in [-0.15, -0.1) is 5.06 Å². The molecule has 0 aromatic rings. The first-order valence-electron chi connectivity index (χ1n) is 7.73. The highest BCUT2D eigenvalue weighted by atomic mass is 16.7. The molecule has 0 unspecified atom stereocenters. The lowest BCUT2D eigenvalue weighted by molar-refractivity contribution is -0.201. The van der Waals surface area contributed by atoms with Gasteiger partial charge >= 0.3 is 12.1 Å². The number of piperidine rings is 1. The molecule has 0 aliphatic carbocycles. The summed E-state index contributed by atoms with van der Waals surface area (Å²) in [6.45, 7) is 5.96. The summed E-state index contributed by atoms with van der Waals surface area (Å²) in [6, 6.07) is 0. The van der Waals surface area contributed by atoms with Crippen molar-refractivity contribution in [2.45, 2.75) is 52.1 Å². The van der Waals surface area contributed by atoms with Crippen molar-refractivity contribution in [2.75, 3.05) is 13.1 Å². The molecule has 2 heterocycles. The fourth-order valence-corrected chi connectivity index (χ4v) is 2.48. The van der Waals surface area contributed by atoms with Gasteiger partial charge in [-0.2, -0.15) is 0 Å². The van der Waals surface area contributed by atoms with Crippen molar-refractivity contribution < 1.29 is 28.8 Å². The molecule has 2 rings (SSSR count). The molecule has 2 fully saturated rings. The lowest BCUT2D eigenvalue weighted by Gasteiger charge is -2.33. The molecule has 0 saturated carbocycles. The van der Waals surface area contributed by atoms with Gasteiger partial charge in [0.2, 0.25) is 0 Å². The van der Waals surface area contributed by atoms with Crippen LogP contribution in [0.5, 0.6) is 0 Å². The van der Waals surface area contributed by atoms with Crippen LogP contribution in [0, 0.1) is 5.92 Å². The number of nitrogens with zero attached hydrogens (tertiary/aromatic N) is 2. The number of carbonyl (C=O) groups excluding carboxylic acids is 4. The first-order valence-corrected chi connectivity index (χ1v) is 7.73. The summed E-state index contributed by atoms with van der Waals surface area (Å²) in [5.41, 5.74) is -0.612. The van der Waals surface area contributed by atoms with E-state index in [2.05, 4.69) is 0 Å². The zero-order chi connectivity index (χ0) is 17.2. The van der Waals surface area contributed by atoms with Crippen molar-refractivity contribution in [1.29, 1.82) is 0 Å². The second-order valence-corrected chi connectivity index (χ2v) is 6.76. The summed E-state index contributed by atoms with van der Waals surface area (Å²) in [4.78, 5) is 53.5. The van der Waals surface area contributed by atoms with Crippen molar-refractivity contribution in [2.24, 2.45) is 5.92 Å². The van der Waals surface area contributed by atoms with E-state index in [0.29, 0.717) is 24.4 Å². The van der Waals surface area contributed by atoms with E-state index < -0.39 is 35.4 Å². The first-order chi connectivity index (χ1) is 10.7. The number of hydroxylamine groups is 2. The van der Waals surface area contributed by atoms with Gasteiger partial charge in [-0.3, -0.25) is 9.59 Å². The molecule has 2 saturated heterocycles. The third kappa shape index (κ3) is 4.43. The van der Waals surface area contributed by atoms with Gasteiger partial charge in [0.15, 0.2) is 0 Å². The van der Waals surface area contributed by atoms with E-state index in [1.54, 1.807) is 20.8 Å². The summed E-state index contributed by atoms with van der Waals surface area (Å²) < 4.78 is 5.29. The molecule has 23 heavy (non-hydrogen) atoms. The average Bonchev–Trinajstić information content (AvgIpc) is 2.77. The molecule has 2 aliphatic rings. The van der Waals surface area contributed by atoms with Crippen LogP contribution in [-0.4, -0.2) is 52.5 Å². The highest BCUT2D eigenvalue weighted by Gasteiger charge is 2.37. The molecular weight excluding hydrogens is 304 g/mol. The van der Waals surface area contributed by atoms with E-state index in [-0.39, 0.29) is 19.4 Å². The number of hydrogen-bond donors (Lipinski definition) is 0. The molecule has 8 nitrogen and oxygen atoms in total. The SMILES string of the molecule is CC(C)(C)OC(=O)N1CCC[C@H](C(=O)ON2C(=O)CCC2=O)C1. The van der Waals surface area contributed by atoms with Gasteiger partial charge < -0.3 is 14.5 Å². The van der Waals surface area contributed by atoms with Crippen molar-refractivity contribution in [3.63, 3.8) is 0 Å². The van der Waals surface area contributed by atoms with E-state index in [1.165, 1.54) is 4.90 Å². The molecule has 128 valence electrons. The molecule has 8 heteroatoms. The lowest BCUT2D eigenvalue weighted by Crippen LogP contribution is -2.46. The number of carbonyl (C=O) groups is 4. The van der Waals surface area contributed by atoms with Gasteiger partial charge in [-0.1, -0.05) is 0 Å². The largest absolute Gasteiger partial charge is 0.444 e. The number of imide groups is 1. The number of hydrogen-bond acceptors (Lipinski definition) is 6. The van der Waals surface area contributed by atoms with Crippen molar-refractivity contribution in [1.82, 2.24) is 9.96 Å². The smallest absolute Gasteiger partial charge is 0.410 e. The number of amides is 3. The molecule has 0 bridgehead atoms. The monoisotopic (exact) mass is 326 g/mol. The Hall–Kier alpha value is -2.12. The maximum absolute atomic E-state index is 12.2. The van der Waals surface area contributed by atoms with Crippen LogP contribution >= 0.6 is 0 Å². The zero-order valence-corrected chi connectivity index (χ0v) is 13.7. The van der Waals surface area contributed by atoms with Crippen LogP contribution in [0.25, 0.3) is 0 Å². The van der Waals surface area contributed by atoms with Gasteiger partial charge in [0.25, 0.3) is 11.8 Å². The van der Waals surface area contributed by atoms with E-state index in [9.17, 15) is 19.2 Å². The van der Waals surface area contributed by atoms with Crippen LogP contribution in [0.2, 0.25) is 0 Å². The molecule has 0 spiro atoms. The minimum atomic E-state index is -0.665. The number of likely N-dealkylation sites (tertiary alicyclic amines) is 1. The van der Waals surface area contributed by atoms with Gasteiger partial charge in [0.05, 0.1) is 5.92 Å². The third-order valence-corrected chi connectivity index (χ3v) is 3.59. The fourth-order valence-electron chi connectivity index (χ4n) is 2.48. The fraction of sp³-hybridized carbons (Fsp3) is 0.733. The minimum Gasteiger partial charge on any atom is -0.444 e. The van der Waals surface area contributed by atoms with Crippen molar-refractivity contribution >= 4 is 23.9 Å². The van der Waals surface area contributed by atoms with Crippen molar-refractivity contribution in [3.05, 3.63) is 0 Å². The topological polar surface area (TPSA) is 93.2 Å². The predicted octanol–water partition coefficient (Wildman–Crippen LogP) is 1.24. The summed E-state index contributed by atoms with van der Waals surface area (Å²) in [5.74, 6) is -2.26. The standard InChI is InChI=1S/C15H22N2O6/c1-15(2,3)22-14(21)16-8-4-5-10(9-16)13(20)23-17-11(18)6-7-12(17)19/h10H,4-9H2,1-3H3/t10-/m0/s1. The van der Waals surface area contributed by atoms with E-state index in [4.69, 9.17) is 9.57 Å². The first kappa shape index (κ1) is 17.2. The molecule has 2 aliphatic heterocycles. The molecule has 0 N–H and O–H groups in total. The molecule has 0 aromatic heterocycles. The Morgan fingerprint density at radius 3 is 2.30 bits per heavy atom. The summed E-state index contributed by atoms with van der Waals surface area (Å²) in [6.07, 6.45) is 0.792. The maximum Gasteiger partial charge on any atom is 0.410 e. The molecule has 3 amide bonds. The van der Waals surface area contributed by atoms with Gasteiger partial charge in [0, 0.05) is 25.9 Å². The third-order valence-electron chi connectivity index (χ3n) is 3.59. The molecule has 0 aromatic carbocycles. The average molecular weight is 326 g/mol. The Kier molecular flexibility index (Phi) is 4.91. The molecular formula is C15H22N2O6.